The Morgan fingerprint density at radius 2 is 0.583 bits per heavy atom. The normalized spacial score (nSPS) is 12.0. The minimum absolute atomic E-state index is 0.996. The number of hydrogen-bond donors (Lipinski definition) is 0. The highest BCUT2D eigenvalue weighted by atomic mass is 32.3. The summed E-state index contributed by atoms with van der Waals surface area (Å²) in [6, 6.07) is 18.8. The molecule has 0 aliphatic carbocycles. The molecule has 0 N–H and O–H groups in total. The summed E-state index contributed by atoms with van der Waals surface area (Å²) >= 11 is 0. The summed E-state index contributed by atoms with van der Waals surface area (Å²) in [6.45, 7) is 30.9. The Bertz CT molecular complexity index is 1760. The van der Waals surface area contributed by atoms with Gasteiger partial charge >= 0.3 is 0 Å². The lowest BCUT2D eigenvalue weighted by atomic mass is 9.86. The third-order valence-corrected chi connectivity index (χ3v) is 18.1. The van der Waals surface area contributed by atoms with E-state index in [4.69, 9.17) is 0 Å². The van der Waals surface area contributed by atoms with Gasteiger partial charge in [-0.1, -0.05) is 105 Å². The van der Waals surface area contributed by atoms with E-state index in [-0.39, 0.29) is 0 Å². The van der Waals surface area contributed by atoms with Gasteiger partial charge < -0.3 is 0 Å². The zero-order chi connectivity index (χ0) is 35.8. The Morgan fingerprint density at radius 1 is 0.375 bits per heavy atom. The number of benzene rings is 5. The number of fused-ring (bicyclic) bond motifs is 4. The molecule has 0 aliphatic rings. The van der Waals surface area contributed by atoms with Gasteiger partial charge in [0.05, 0.1) is 0 Å². The minimum Gasteiger partial charge on any atom is -0.178 e. The first-order valence-electron chi connectivity index (χ1n) is 18.5. The van der Waals surface area contributed by atoms with Crippen LogP contribution in [-0.4, -0.2) is 34.5 Å². The van der Waals surface area contributed by atoms with E-state index in [1.807, 2.05) is 27.7 Å². The molecule has 0 fully saturated rings. The number of hydrogen-bond acceptors (Lipinski definition) is 0. The minimum atomic E-state index is -0.996. The van der Waals surface area contributed by atoms with E-state index in [0.29, 0.717) is 0 Å². The molecule has 0 saturated carbocycles. The van der Waals surface area contributed by atoms with Gasteiger partial charge in [-0.15, -0.1) is 0 Å². The molecule has 0 aliphatic heterocycles. The fraction of sp³-hybridized carbons (Fsp3) is 0.435. The van der Waals surface area contributed by atoms with E-state index < -0.39 is 20.1 Å². The molecule has 5 aromatic rings. The SMILES string of the molecule is CC.CC.CCS(C#Cc1c2cc3c(C)ccc(C)c3cc2c(C#CS(CC)(CC)CC)c2cc3c(C)ccc(C)c3cc12)(CC)CC. The topological polar surface area (TPSA) is 0 Å². The Kier molecular flexibility index (Phi) is 14.0. The number of rotatable bonds is 6. The van der Waals surface area contributed by atoms with E-state index in [2.05, 4.69) is 140 Å². The van der Waals surface area contributed by atoms with E-state index in [9.17, 15) is 0 Å². The van der Waals surface area contributed by atoms with Crippen LogP contribution >= 0.6 is 20.1 Å². The predicted octanol–water partition coefficient (Wildman–Crippen LogP) is 13.9. The van der Waals surface area contributed by atoms with Crippen molar-refractivity contribution >= 4 is 63.1 Å². The van der Waals surface area contributed by atoms with Crippen molar-refractivity contribution in [3.63, 3.8) is 0 Å². The van der Waals surface area contributed by atoms with Crippen LogP contribution in [0.15, 0.2) is 48.5 Å². The Morgan fingerprint density at radius 3 is 0.771 bits per heavy atom. The lowest BCUT2D eigenvalue weighted by Gasteiger charge is -2.30. The van der Waals surface area contributed by atoms with Crippen molar-refractivity contribution in [3.05, 3.63) is 81.9 Å². The molecule has 2 heteroatoms. The van der Waals surface area contributed by atoms with E-state index in [0.717, 1.165) is 34.5 Å². The van der Waals surface area contributed by atoms with Gasteiger partial charge in [0.2, 0.25) is 0 Å². The summed E-state index contributed by atoms with van der Waals surface area (Å²) in [4.78, 5) is 0. The molecule has 0 atom stereocenters. The highest BCUT2D eigenvalue weighted by molar-refractivity contribution is 8.37. The molecule has 5 rings (SSSR count). The van der Waals surface area contributed by atoms with Crippen LogP contribution < -0.4 is 0 Å². The highest BCUT2D eigenvalue weighted by Crippen LogP contribution is 2.48. The van der Waals surface area contributed by atoms with Gasteiger partial charge in [0.15, 0.2) is 0 Å². The van der Waals surface area contributed by atoms with Crippen molar-refractivity contribution < 1.29 is 0 Å². The molecule has 258 valence electrons. The average Bonchev–Trinajstić information content (AvgIpc) is 3.14. The predicted molar refractivity (Wildman–Crippen MR) is 230 cm³/mol. The monoisotopic (exact) mass is 678 g/mol. The summed E-state index contributed by atoms with van der Waals surface area (Å²) in [5, 5.41) is 18.2. The zero-order valence-corrected chi connectivity index (χ0v) is 34.3. The van der Waals surface area contributed by atoms with Crippen molar-refractivity contribution in [2.75, 3.05) is 34.5 Å². The van der Waals surface area contributed by atoms with Crippen molar-refractivity contribution in [2.45, 2.75) is 96.9 Å². The third-order valence-electron chi connectivity index (χ3n) is 10.4. The molecule has 0 spiro atoms. The van der Waals surface area contributed by atoms with Crippen molar-refractivity contribution in [3.8, 4) is 22.3 Å². The summed E-state index contributed by atoms with van der Waals surface area (Å²) in [6.07, 6.45) is 0. The fourth-order valence-corrected chi connectivity index (χ4v) is 10.7. The van der Waals surface area contributed by atoms with Crippen LogP contribution in [0.1, 0.15) is 103 Å². The van der Waals surface area contributed by atoms with Crippen LogP contribution in [0.25, 0.3) is 43.1 Å². The first-order chi connectivity index (χ1) is 23.1. The molecule has 0 saturated heterocycles. The van der Waals surface area contributed by atoms with Crippen molar-refractivity contribution in [1.82, 2.24) is 0 Å². The van der Waals surface area contributed by atoms with Crippen molar-refractivity contribution in [2.24, 2.45) is 0 Å². The van der Waals surface area contributed by atoms with Gasteiger partial charge in [-0.3, -0.25) is 0 Å². The Hall–Kier alpha value is -3.04. The molecule has 0 bridgehead atoms. The van der Waals surface area contributed by atoms with Crippen LogP contribution in [0.5, 0.6) is 0 Å². The van der Waals surface area contributed by atoms with Crippen LogP contribution in [0, 0.1) is 50.0 Å². The fourth-order valence-electron chi connectivity index (χ4n) is 6.73. The average molecular weight is 679 g/mol. The van der Waals surface area contributed by atoms with Gasteiger partial charge in [-0.05, 0) is 162 Å². The highest BCUT2D eigenvalue weighted by Gasteiger charge is 2.20. The van der Waals surface area contributed by atoms with E-state index in [1.54, 1.807) is 0 Å². The molecule has 0 aromatic heterocycles. The maximum atomic E-state index is 3.94. The standard InChI is InChI=1S/C42H50S2.2C2H6/c1-11-43(12-2,13-3)23-21-33-39-25-35-29(7)17-19-31(9)37(35)27-41(39)34(22-24-44(14-4,15-5)16-6)42-28-38-32(10)20-18-30(8)36(38)26-40(33)42;2*1-2/h17-20,25-28H,11-16H2,1-10H3;2*1-2H3. The summed E-state index contributed by atoms with van der Waals surface area (Å²) in [5.74, 6) is 14.7. The van der Waals surface area contributed by atoms with Crippen molar-refractivity contribution in [1.29, 1.82) is 0 Å². The Labute approximate surface area is 297 Å². The smallest absolute Gasteiger partial charge is 0.0411 e. The largest absolute Gasteiger partial charge is 0.178 e. The van der Waals surface area contributed by atoms with Gasteiger partial charge in [0, 0.05) is 11.1 Å². The molecule has 0 nitrogen and oxygen atoms in total. The molecular weight excluding hydrogens is 617 g/mol. The molecule has 0 unspecified atom stereocenters. The molecule has 5 aromatic carbocycles. The maximum absolute atomic E-state index is 3.94. The Balaban J connectivity index is 0.00000151. The second-order valence-electron chi connectivity index (χ2n) is 12.3. The number of aryl methyl sites for hydroxylation is 4. The van der Waals surface area contributed by atoms with Crippen LogP contribution in [-0.2, 0) is 0 Å². The summed E-state index contributed by atoms with van der Waals surface area (Å²) in [5.41, 5.74) is 7.60. The lowest BCUT2D eigenvalue weighted by molar-refractivity contribution is 1.36. The van der Waals surface area contributed by atoms with Gasteiger partial charge in [-0.25, -0.2) is 0 Å². The molecule has 48 heavy (non-hydrogen) atoms. The molecule has 0 radical (unpaired) electrons. The molecular formula is C46H62S2. The lowest BCUT2D eigenvalue weighted by Crippen LogP contribution is -2.06. The van der Waals surface area contributed by atoms with E-state index >= 15 is 0 Å². The van der Waals surface area contributed by atoms with Crippen LogP contribution in [0.2, 0.25) is 0 Å². The zero-order valence-electron chi connectivity index (χ0n) is 32.7. The van der Waals surface area contributed by atoms with Gasteiger partial charge in [0.1, 0.15) is 0 Å². The first kappa shape index (κ1) is 39.4. The van der Waals surface area contributed by atoms with Gasteiger partial charge in [-0.2, -0.15) is 20.1 Å². The van der Waals surface area contributed by atoms with Gasteiger partial charge in [0.25, 0.3) is 0 Å². The maximum Gasteiger partial charge on any atom is 0.0411 e. The molecule has 0 heterocycles. The third kappa shape index (κ3) is 7.42. The second-order valence-corrected chi connectivity index (χ2v) is 20.4. The van der Waals surface area contributed by atoms with E-state index in [1.165, 1.54) is 76.5 Å². The van der Waals surface area contributed by atoms with Crippen LogP contribution in [0.3, 0.4) is 0 Å². The first-order valence-corrected chi connectivity index (χ1v) is 22.8. The second kappa shape index (κ2) is 17.1. The summed E-state index contributed by atoms with van der Waals surface area (Å²) < 4.78 is 0. The molecule has 0 amide bonds. The summed E-state index contributed by atoms with van der Waals surface area (Å²) in [7, 11) is -1.99. The quantitative estimate of drug-likeness (QED) is 0.124. The van der Waals surface area contributed by atoms with Crippen LogP contribution in [0.4, 0.5) is 0 Å².